The van der Waals surface area contributed by atoms with Crippen molar-refractivity contribution in [2.75, 3.05) is 19.1 Å². The van der Waals surface area contributed by atoms with E-state index in [0.717, 1.165) is 10.4 Å². The number of methoxy groups -OCH3 is 1. The number of thiophene rings is 1. The summed E-state index contributed by atoms with van der Waals surface area (Å²) >= 11 is 1.27. The highest BCUT2D eigenvalue weighted by atomic mass is 32.1. The van der Waals surface area contributed by atoms with Gasteiger partial charge in [-0.2, -0.15) is 0 Å². The van der Waals surface area contributed by atoms with Crippen LogP contribution in [0.4, 0.5) is 5.69 Å². The molecule has 0 aromatic carbocycles. The van der Waals surface area contributed by atoms with Crippen molar-refractivity contribution in [3.8, 4) is 10.4 Å². The van der Waals surface area contributed by atoms with Crippen LogP contribution >= 0.6 is 11.3 Å². The molecule has 5 nitrogen and oxygen atoms in total. The number of likely N-dealkylation sites (N-methyl/N-ethyl adjacent to an activating group) is 1. The van der Waals surface area contributed by atoms with Crippen LogP contribution < -0.4 is 4.90 Å². The van der Waals surface area contributed by atoms with Gasteiger partial charge >= 0.3 is 5.97 Å². The largest absolute Gasteiger partial charge is 0.465 e. The zero-order valence-electron chi connectivity index (χ0n) is 11.7. The minimum Gasteiger partial charge on any atom is -0.465 e. The van der Waals surface area contributed by atoms with E-state index in [2.05, 4.69) is 11.6 Å². The molecule has 6 heteroatoms. The lowest BCUT2D eigenvalue weighted by atomic mass is 10.2. The van der Waals surface area contributed by atoms with Crippen LogP contribution in [0.25, 0.3) is 10.4 Å². The fraction of sp³-hybridized carbons (Fsp3) is 0.133. The van der Waals surface area contributed by atoms with Gasteiger partial charge in [0.25, 0.3) is 0 Å². The van der Waals surface area contributed by atoms with E-state index in [1.807, 2.05) is 12.1 Å². The van der Waals surface area contributed by atoms with E-state index in [9.17, 15) is 9.59 Å². The molecule has 2 aromatic heterocycles. The minimum absolute atomic E-state index is 0.292. The molecule has 2 heterocycles. The predicted molar refractivity (Wildman–Crippen MR) is 82.5 cm³/mol. The second kappa shape index (κ2) is 6.32. The number of carbonyl (C=O) groups is 2. The van der Waals surface area contributed by atoms with E-state index >= 15 is 0 Å². The Labute approximate surface area is 126 Å². The van der Waals surface area contributed by atoms with Crippen molar-refractivity contribution in [2.24, 2.45) is 0 Å². The number of pyridine rings is 1. The van der Waals surface area contributed by atoms with Crippen molar-refractivity contribution >= 4 is 28.9 Å². The van der Waals surface area contributed by atoms with Crippen molar-refractivity contribution in [3.63, 3.8) is 0 Å². The third-order valence-corrected chi connectivity index (χ3v) is 4.07. The quantitative estimate of drug-likeness (QED) is 0.643. The Morgan fingerprint density at radius 3 is 2.62 bits per heavy atom. The van der Waals surface area contributed by atoms with Crippen LogP contribution in [0.15, 0.2) is 43.2 Å². The van der Waals surface area contributed by atoms with Crippen molar-refractivity contribution in [1.29, 1.82) is 0 Å². The smallest absolute Gasteiger partial charge is 0.350 e. The third-order valence-electron chi connectivity index (χ3n) is 2.91. The SMILES string of the molecule is C=CC(=O)N(C)c1cc(-c2ccncc2)sc1C(=O)OC. The maximum atomic E-state index is 11.9. The van der Waals surface area contributed by atoms with Gasteiger partial charge in [0.2, 0.25) is 5.91 Å². The van der Waals surface area contributed by atoms with E-state index in [-0.39, 0.29) is 5.91 Å². The van der Waals surface area contributed by atoms with Gasteiger partial charge < -0.3 is 9.64 Å². The summed E-state index contributed by atoms with van der Waals surface area (Å²) < 4.78 is 4.79. The first-order chi connectivity index (χ1) is 10.1. The van der Waals surface area contributed by atoms with Crippen LogP contribution in [-0.4, -0.2) is 31.0 Å². The Morgan fingerprint density at radius 2 is 2.05 bits per heavy atom. The Hall–Kier alpha value is -2.47. The van der Waals surface area contributed by atoms with E-state index in [0.29, 0.717) is 10.6 Å². The molecule has 1 amide bonds. The van der Waals surface area contributed by atoms with Gasteiger partial charge in [0.05, 0.1) is 12.8 Å². The Kier molecular flexibility index (Phi) is 4.49. The van der Waals surface area contributed by atoms with Gasteiger partial charge in [-0.25, -0.2) is 4.79 Å². The second-order valence-corrected chi connectivity index (χ2v) is 5.21. The summed E-state index contributed by atoms with van der Waals surface area (Å²) in [7, 11) is 2.90. The third kappa shape index (κ3) is 3.00. The topological polar surface area (TPSA) is 59.5 Å². The second-order valence-electron chi connectivity index (χ2n) is 4.15. The van der Waals surface area contributed by atoms with Gasteiger partial charge in [0.15, 0.2) is 0 Å². The maximum Gasteiger partial charge on any atom is 0.350 e. The summed E-state index contributed by atoms with van der Waals surface area (Å²) in [5, 5.41) is 0. The fourth-order valence-electron chi connectivity index (χ4n) is 1.78. The van der Waals surface area contributed by atoms with Crippen LogP contribution in [0.1, 0.15) is 9.67 Å². The number of aromatic nitrogens is 1. The molecule has 0 radical (unpaired) electrons. The average Bonchev–Trinajstić information content (AvgIpc) is 2.98. The van der Waals surface area contributed by atoms with E-state index in [1.54, 1.807) is 25.5 Å². The normalized spacial score (nSPS) is 10.0. The van der Waals surface area contributed by atoms with Crippen molar-refractivity contribution in [3.05, 3.63) is 48.1 Å². The molecule has 0 aliphatic heterocycles. The number of esters is 1. The summed E-state index contributed by atoms with van der Waals surface area (Å²) in [6, 6.07) is 5.46. The molecule has 0 fully saturated rings. The van der Waals surface area contributed by atoms with Crippen LogP contribution in [0.3, 0.4) is 0 Å². The number of anilines is 1. The molecule has 0 bridgehead atoms. The van der Waals surface area contributed by atoms with E-state index in [4.69, 9.17) is 4.74 Å². The highest BCUT2D eigenvalue weighted by Gasteiger charge is 2.22. The van der Waals surface area contributed by atoms with Gasteiger partial charge in [-0.1, -0.05) is 6.58 Å². The number of nitrogens with zero attached hydrogens (tertiary/aromatic N) is 2. The van der Waals surface area contributed by atoms with Crippen LogP contribution in [0.2, 0.25) is 0 Å². The number of amides is 1. The average molecular weight is 302 g/mol. The molecule has 0 N–H and O–H groups in total. The lowest BCUT2D eigenvalue weighted by molar-refractivity contribution is -0.113. The summed E-state index contributed by atoms with van der Waals surface area (Å²) in [4.78, 5) is 30.3. The van der Waals surface area contributed by atoms with Gasteiger partial charge in [-0.3, -0.25) is 9.78 Å². The van der Waals surface area contributed by atoms with E-state index < -0.39 is 5.97 Å². The Bertz CT molecular complexity index is 679. The van der Waals surface area contributed by atoms with Crippen molar-refractivity contribution in [1.82, 2.24) is 4.98 Å². The standard InChI is InChI=1S/C15H14N2O3S/c1-4-13(18)17(2)11-9-12(10-5-7-16-8-6-10)21-14(11)15(19)20-3/h4-9H,1H2,2-3H3. The zero-order chi connectivity index (χ0) is 15.4. The molecule has 0 atom stereocenters. The molecule has 0 aliphatic rings. The molecule has 2 aromatic rings. The molecule has 0 unspecified atom stereocenters. The molecule has 0 saturated heterocycles. The Balaban J connectivity index is 2.53. The highest BCUT2D eigenvalue weighted by Crippen LogP contribution is 2.36. The Morgan fingerprint density at radius 1 is 1.38 bits per heavy atom. The highest BCUT2D eigenvalue weighted by molar-refractivity contribution is 7.18. The number of hydrogen-bond acceptors (Lipinski definition) is 5. The number of hydrogen-bond donors (Lipinski definition) is 0. The first kappa shape index (κ1) is 14.9. The lowest BCUT2D eigenvalue weighted by Crippen LogP contribution is -2.25. The summed E-state index contributed by atoms with van der Waals surface area (Å²) in [6.07, 6.45) is 4.54. The van der Waals surface area contributed by atoms with Gasteiger partial charge in [0, 0.05) is 24.3 Å². The molecule has 2 rings (SSSR count). The molecule has 0 aliphatic carbocycles. The summed E-state index contributed by atoms with van der Waals surface area (Å²) in [6.45, 7) is 3.45. The van der Waals surface area contributed by atoms with Gasteiger partial charge in [-0.15, -0.1) is 11.3 Å². The number of carbonyl (C=O) groups excluding carboxylic acids is 2. The van der Waals surface area contributed by atoms with Crippen LogP contribution in [-0.2, 0) is 9.53 Å². The number of ether oxygens (including phenoxy) is 1. The lowest BCUT2D eigenvalue weighted by Gasteiger charge is -2.14. The molecular weight excluding hydrogens is 288 g/mol. The van der Waals surface area contributed by atoms with Gasteiger partial charge in [-0.05, 0) is 29.8 Å². The minimum atomic E-state index is -0.473. The maximum absolute atomic E-state index is 11.9. The predicted octanol–water partition coefficient (Wildman–Crippen LogP) is 2.75. The molecular formula is C15H14N2O3S. The first-order valence-electron chi connectivity index (χ1n) is 6.11. The van der Waals surface area contributed by atoms with Crippen molar-refractivity contribution in [2.45, 2.75) is 0 Å². The zero-order valence-corrected chi connectivity index (χ0v) is 12.5. The van der Waals surface area contributed by atoms with E-state index in [1.165, 1.54) is 29.4 Å². The van der Waals surface area contributed by atoms with Gasteiger partial charge in [0.1, 0.15) is 4.88 Å². The molecule has 21 heavy (non-hydrogen) atoms. The molecule has 108 valence electrons. The fourth-order valence-corrected chi connectivity index (χ4v) is 2.90. The first-order valence-corrected chi connectivity index (χ1v) is 6.92. The summed E-state index contributed by atoms with van der Waals surface area (Å²) in [5.74, 6) is -0.766. The molecule has 0 saturated carbocycles. The monoisotopic (exact) mass is 302 g/mol. The molecule has 0 spiro atoms. The van der Waals surface area contributed by atoms with Crippen LogP contribution in [0.5, 0.6) is 0 Å². The summed E-state index contributed by atoms with van der Waals surface area (Å²) in [5.41, 5.74) is 1.43. The van der Waals surface area contributed by atoms with Crippen molar-refractivity contribution < 1.29 is 14.3 Å². The number of rotatable bonds is 4. The van der Waals surface area contributed by atoms with Crippen LogP contribution in [0, 0.1) is 0 Å².